The molecule has 3 rings (SSSR count). The van der Waals surface area contributed by atoms with Crippen molar-refractivity contribution < 1.29 is 14.3 Å². The highest BCUT2D eigenvalue weighted by atomic mass is 32.1. The highest BCUT2D eigenvalue weighted by Crippen LogP contribution is 2.19. The van der Waals surface area contributed by atoms with Crippen molar-refractivity contribution in [3.8, 4) is 5.19 Å². The summed E-state index contributed by atoms with van der Waals surface area (Å²) in [7, 11) is 0. The molecule has 0 unspecified atom stereocenters. The van der Waals surface area contributed by atoms with Gasteiger partial charge in [-0.2, -0.15) is 0 Å². The third-order valence-corrected chi connectivity index (χ3v) is 4.68. The molecule has 1 saturated heterocycles. The molecule has 1 N–H and O–H groups in total. The molecule has 0 saturated carbocycles. The van der Waals surface area contributed by atoms with Crippen LogP contribution in [0, 0.1) is 0 Å². The molecule has 2 amide bonds. The van der Waals surface area contributed by atoms with Gasteiger partial charge in [-0.25, -0.2) is 9.78 Å². The van der Waals surface area contributed by atoms with Gasteiger partial charge in [-0.3, -0.25) is 9.78 Å². The summed E-state index contributed by atoms with van der Waals surface area (Å²) >= 11 is 1.21. The van der Waals surface area contributed by atoms with Gasteiger partial charge < -0.3 is 15.0 Å². The van der Waals surface area contributed by atoms with Crippen molar-refractivity contribution >= 4 is 23.3 Å². The van der Waals surface area contributed by atoms with Crippen molar-refractivity contribution in [2.75, 3.05) is 13.1 Å². The lowest BCUT2D eigenvalue weighted by molar-refractivity contribution is -0.131. The van der Waals surface area contributed by atoms with E-state index in [1.54, 1.807) is 23.8 Å². The second kappa shape index (κ2) is 8.57. The standard InChI is InChI=1S/C17H20N4O3S/c22-15(21-7-2-1-3-8-21)9-14-12-25-17(20-14)24-16(23)19-11-13-5-4-6-18-10-13/h4-6,10,12H,1-3,7-9,11H2,(H,19,23). The summed E-state index contributed by atoms with van der Waals surface area (Å²) in [5.41, 5.74) is 1.52. The minimum Gasteiger partial charge on any atom is -0.381 e. The number of ether oxygens (including phenoxy) is 1. The van der Waals surface area contributed by atoms with Gasteiger partial charge in [0, 0.05) is 37.4 Å². The highest BCUT2D eigenvalue weighted by molar-refractivity contribution is 7.11. The van der Waals surface area contributed by atoms with E-state index in [2.05, 4.69) is 15.3 Å². The fourth-order valence-electron chi connectivity index (χ4n) is 2.62. The van der Waals surface area contributed by atoms with Gasteiger partial charge in [0.2, 0.25) is 5.91 Å². The number of amides is 2. The first kappa shape index (κ1) is 17.3. The number of likely N-dealkylation sites (tertiary alicyclic amines) is 1. The first-order chi connectivity index (χ1) is 12.2. The van der Waals surface area contributed by atoms with E-state index in [4.69, 9.17) is 4.74 Å². The molecule has 1 aliphatic heterocycles. The van der Waals surface area contributed by atoms with Gasteiger partial charge in [0.05, 0.1) is 12.1 Å². The van der Waals surface area contributed by atoms with Crippen LogP contribution in [0.1, 0.15) is 30.5 Å². The molecule has 0 spiro atoms. The van der Waals surface area contributed by atoms with Crippen molar-refractivity contribution in [3.63, 3.8) is 0 Å². The monoisotopic (exact) mass is 360 g/mol. The minimum absolute atomic E-state index is 0.0811. The zero-order chi connectivity index (χ0) is 17.5. The quantitative estimate of drug-likeness (QED) is 0.885. The summed E-state index contributed by atoms with van der Waals surface area (Å²) in [6.07, 6.45) is 6.33. The summed E-state index contributed by atoms with van der Waals surface area (Å²) in [5.74, 6) is 0.0811. The molecular weight excluding hydrogens is 340 g/mol. The second-order valence-corrected chi connectivity index (χ2v) is 6.65. The number of hydrogen-bond donors (Lipinski definition) is 1. The average Bonchev–Trinajstić information content (AvgIpc) is 3.08. The molecule has 132 valence electrons. The maximum atomic E-state index is 12.2. The fraction of sp³-hybridized carbons (Fsp3) is 0.412. The van der Waals surface area contributed by atoms with E-state index in [9.17, 15) is 9.59 Å². The summed E-state index contributed by atoms with van der Waals surface area (Å²) in [4.78, 5) is 34.1. The Morgan fingerprint density at radius 3 is 2.88 bits per heavy atom. The Bertz CT molecular complexity index is 714. The summed E-state index contributed by atoms with van der Waals surface area (Å²) < 4.78 is 5.16. The number of hydrogen-bond acceptors (Lipinski definition) is 6. The number of aromatic nitrogens is 2. The predicted octanol–water partition coefficient (Wildman–Crippen LogP) is 2.38. The van der Waals surface area contributed by atoms with Gasteiger partial charge in [0.1, 0.15) is 0 Å². The number of carbonyl (C=O) groups is 2. The van der Waals surface area contributed by atoms with Gasteiger partial charge in [-0.1, -0.05) is 17.4 Å². The van der Waals surface area contributed by atoms with Gasteiger partial charge >= 0.3 is 6.09 Å². The van der Waals surface area contributed by atoms with Crippen LogP contribution in [0.25, 0.3) is 0 Å². The molecule has 0 aromatic carbocycles. The molecule has 8 heteroatoms. The van der Waals surface area contributed by atoms with E-state index in [-0.39, 0.29) is 17.5 Å². The first-order valence-electron chi connectivity index (χ1n) is 8.27. The zero-order valence-electron chi connectivity index (χ0n) is 13.8. The number of pyridine rings is 1. The third-order valence-electron chi connectivity index (χ3n) is 3.91. The maximum absolute atomic E-state index is 12.2. The van der Waals surface area contributed by atoms with E-state index in [0.29, 0.717) is 12.2 Å². The average molecular weight is 360 g/mol. The molecule has 0 aliphatic carbocycles. The number of nitrogens with one attached hydrogen (secondary N) is 1. The Kier molecular flexibility index (Phi) is 5.95. The molecule has 2 aromatic heterocycles. The van der Waals surface area contributed by atoms with Gasteiger partial charge in [-0.05, 0) is 30.9 Å². The van der Waals surface area contributed by atoms with Gasteiger partial charge in [-0.15, -0.1) is 0 Å². The van der Waals surface area contributed by atoms with Gasteiger partial charge in [0.15, 0.2) is 0 Å². The highest BCUT2D eigenvalue weighted by Gasteiger charge is 2.18. The molecule has 1 fully saturated rings. The molecule has 1 aliphatic rings. The summed E-state index contributed by atoms with van der Waals surface area (Å²) in [6.45, 7) is 1.98. The fourth-order valence-corrected chi connectivity index (χ4v) is 3.29. The zero-order valence-corrected chi connectivity index (χ0v) is 14.6. The largest absolute Gasteiger partial charge is 0.414 e. The number of piperidine rings is 1. The number of carbonyl (C=O) groups excluding carboxylic acids is 2. The lowest BCUT2D eigenvalue weighted by atomic mass is 10.1. The van der Waals surface area contributed by atoms with Crippen molar-refractivity contribution in [2.45, 2.75) is 32.2 Å². The molecular formula is C17H20N4O3S. The Balaban J connectivity index is 1.46. The second-order valence-electron chi connectivity index (χ2n) is 5.83. The number of thiazole rings is 1. The molecule has 0 bridgehead atoms. The molecule has 3 heterocycles. The van der Waals surface area contributed by atoms with Gasteiger partial charge in [0.25, 0.3) is 5.19 Å². The molecule has 0 radical (unpaired) electrons. The van der Waals surface area contributed by atoms with Crippen LogP contribution in [0.5, 0.6) is 5.19 Å². The molecule has 7 nitrogen and oxygen atoms in total. The molecule has 25 heavy (non-hydrogen) atoms. The van der Waals surface area contributed by atoms with Crippen LogP contribution in [0.15, 0.2) is 29.9 Å². The third kappa shape index (κ3) is 5.25. The topological polar surface area (TPSA) is 84.4 Å². The van der Waals surface area contributed by atoms with E-state index in [1.807, 2.05) is 11.0 Å². The van der Waals surface area contributed by atoms with Crippen LogP contribution in [0.3, 0.4) is 0 Å². The lowest BCUT2D eigenvalue weighted by Gasteiger charge is -2.26. The lowest BCUT2D eigenvalue weighted by Crippen LogP contribution is -2.36. The van der Waals surface area contributed by atoms with Crippen LogP contribution < -0.4 is 10.1 Å². The van der Waals surface area contributed by atoms with Crippen LogP contribution >= 0.6 is 11.3 Å². The Morgan fingerprint density at radius 2 is 2.12 bits per heavy atom. The van der Waals surface area contributed by atoms with Crippen LogP contribution in [-0.2, 0) is 17.8 Å². The predicted molar refractivity (Wildman–Crippen MR) is 93.3 cm³/mol. The SMILES string of the molecule is O=C(NCc1cccnc1)Oc1nc(CC(=O)N2CCCCC2)cs1. The minimum atomic E-state index is -0.577. The summed E-state index contributed by atoms with van der Waals surface area (Å²) in [6, 6.07) is 3.66. The van der Waals surface area contributed by atoms with Crippen molar-refractivity contribution in [1.82, 2.24) is 20.2 Å². The van der Waals surface area contributed by atoms with E-state index in [0.717, 1.165) is 31.5 Å². The van der Waals surface area contributed by atoms with Crippen molar-refractivity contribution in [3.05, 3.63) is 41.2 Å². The van der Waals surface area contributed by atoms with Crippen LogP contribution in [-0.4, -0.2) is 40.0 Å². The number of nitrogens with zero attached hydrogens (tertiary/aromatic N) is 3. The number of rotatable bonds is 5. The smallest absolute Gasteiger partial charge is 0.381 e. The van der Waals surface area contributed by atoms with E-state index >= 15 is 0 Å². The molecule has 0 atom stereocenters. The van der Waals surface area contributed by atoms with Crippen molar-refractivity contribution in [2.24, 2.45) is 0 Å². The van der Waals surface area contributed by atoms with E-state index in [1.165, 1.54) is 17.8 Å². The first-order valence-corrected chi connectivity index (χ1v) is 9.15. The maximum Gasteiger partial charge on any atom is 0.414 e. The summed E-state index contributed by atoms with van der Waals surface area (Å²) in [5, 5.41) is 4.64. The Hall–Kier alpha value is -2.48. The van der Waals surface area contributed by atoms with Crippen molar-refractivity contribution in [1.29, 1.82) is 0 Å². The van der Waals surface area contributed by atoms with E-state index < -0.39 is 6.09 Å². The molecule has 2 aromatic rings. The Morgan fingerprint density at radius 1 is 1.28 bits per heavy atom. The van der Waals surface area contributed by atoms with Crippen LogP contribution in [0.2, 0.25) is 0 Å². The normalized spacial score (nSPS) is 14.2. The van der Waals surface area contributed by atoms with Crippen LogP contribution in [0.4, 0.5) is 4.79 Å². The Labute approximate surface area is 150 Å².